The zero-order valence-corrected chi connectivity index (χ0v) is 14.0. The topological polar surface area (TPSA) is 94.6 Å². The summed E-state index contributed by atoms with van der Waals surface area (Å²) < 4.78 is 24.6. The number of nitrogens with two attached hydrogens (primary N) is 1. The molecule has 0 radical (unpaired) electrons. The molecule has 0 aliphatic heterocycles. The number of fused-ring (bicyclic) bond motifs is 1. The number of benzene rings is 2. The molecule has 6 nitrogen and oxygen atoms in total. The van der Waals surface area contributed by atoms with Crippen molar-refractivity contribution >= 4 is 22.8 Å². The Balaban J connectivity index is 1.83. The van der Waals surface area contributed by atoms with Crippen LogP contribution in [-0.2, 0) is 4.79 Å². The predicted octanol–water partition coefficient (Wildman–Crippen LogP) is 2.62. The van der Waals surface area contributed by atoms with Crippen LogP contribution in [0.3, 0.4) is 0 Å². The van der Waals surface area contributed by atoms with Crippen molar-refractivity contribution in [3.63, 3.8) is 0 Å². The lowest BCUT2D eigenvalue weighted by atomic mass is 10.0. The molecule has 0 saturated carbocycles. The number of hydrogen-bond donors (Lipinski definition) is 2. The molecule has 0 spiro atoms. The number of furan rings is 1. The van der Waals surface area contributed by atoms with Crippen LogP contribution < -0.4 is 15.8 Å². The summed E-state index contributed by atoms with van der Waals surface area (Å²) >= 11 is 0. The van der Waals surface area contributed by atoms with Crippen LogP contribution in [0.2, 0.25) is 0 Å². The molecule has 0 fully saturated rings. The van der Waals surface area contributed by atoms with E-state index in [0.29, 0.717) is 11.1 Å². The van der Waals surface area contributed by atoms with Gasteiger partial charge in [0.05, 0.1) is 11.8 Å². The lowest BCUT2D eigenvalue weighted by molar-refractivity contribution is -0.124. The summed E-state index contributed by atoms with van der Waals surface area (Å²) in [5.41, 5.74) is 4.14. The van der Waals surface area contributed by atoms with Gasteiger partial charge in [-0.1, -0.05) is 18.2 Å². The molecular formula is C19H17FN2O4. The minimum atomic E-state index is -1.50. The summed E-state index contributed by atoms with van der Waals surface area (Å²) in [6, 6.07) is 12.6. The van der Waals surface area contributed by atoms with Crippen molar-refractivity contribution in [1.82, 2.24) is 5.32 Å². The lowest BCUT2D eigenvalue weighted by Crippen LogP contribution is -2.59. The van der Waals surface area contributed by atoms with Crippen molar-refractivity contribution in [2.24, 2.45) is 5.73 Å². The molecular weight excluding hydrogens is 339 g/mol. The molecule has 1 heterocycles. The molecule has 1 atom stereocenters. The first-order chi connectivity index (χ1) is 12.4. The van der Waals surface area contributed by atoms with Gasteiger partial charge in [0.1, 0.15) is 23.8 Å². The van der Waals surface area contributed by atoms with E-state index in [2.05, 4.69) is 5.32 Å². The van der Waals surface area contributed by atoms with Gasteiger partial charge < -0.3 is 20.2 Å². The van der Waals surface area contributed by atoms with E-state index in [4.69, 9.17) is 14.9 Å². The Hall–Kier alpha value is -3.35. The molecule has 2 amide bonds. The van der Waals surface area contributed by atoms with Gasteiger partial charge in [-0.25, -0.2) is 4.39 Å². The molecule has 1 aromatic heterocycles. The highest BCUT2D eigenvalue weighted by atomic mass is 19.1. The van der Waals surface area contributed by atoms with Gasteiger partial charge in [0, 0.05) is 5.39 Å². The first kappa shape index (κ1) is 17.5. The maximum Gasteiger partial charge on any atom is 0.256 e. The molecule has 7 heteroatoms. The summed E-state index contributed by atoms with van der Waals surface area (Å²) in [6.07, 6.45) is 1.35. The van der Waals surface area contributed by atoms with E-state index in [9.17, 15) is 14.0 Å². The number of amides is 2. The second-order valence-electron chi connectivity index (χ2n) is 6.04. The minimum absolute atomic E-state index is 0.0304. The van der Waals surface area contributed by atoms with Crippen LogP contribution in [0.25, 0.3) is 11.0 Å². The smallest absolute Gasteiger partial charge is 0.256 e. The number of ether oxygens (including phenoxy) is 1. The molecule has 2 aromatic carbocycles. The first-order valence-corrected chi connectivity index (χ1v) is 7.86. The van der Waals surface area contributed by atoms with E-state index in [-0.39, 0.29) is 17.8 Å². The Bertz CT molecular complexity index is 955. The van der Waals surface area contributed by atoms with E-state index in [1.165, 1.54) is 19.3 Å². The maximum absolute atomic E-state index is 13.8. The Labute approximate surface area is 148 Å². The lowest BCUT2D eigenvalue weighted by Gasteiger charge is -2.27. The second-order valence-corrected chi connectivity index (χ2v) is 6.04. The highest BCUT2D eigenvalue weighted by Crippen LogP contribution is 2.22. The van der Waals surface area contributed by atoms with Gasteiger partial charge in [-0.05, 0) is 37.3 Å². The molecule has 3 N–H and O–H groups in total. The van der Waals surface area contributed by atoms with Crippen molar-refractivity contribution in [1.29, 1.82) is 0 Å². The van der Waals surface area contributed by atoms with E-state index < -0.39 is 23.2 Å². The van der Waals surface area contributed by atoms with Gasteiger partial charge >= 0.3 is 0 Å². The molecule has 134 valence electrons. The number of carbonyl (C=O) groups is 2. The van der Waals surface area contributed by atoms with E-state index in [1.54, 1.807) is 30.3 Å². The molecule has 0 aliphatic rings. The van der Waals surface area contributed by atoms with Gasteiger partial charge in [0.25, 0.3) is 5.91 Å². The van der Waals surface area contributed by atoms with Crippen LogP contribution in [0.15, 0.2) is 59.2 Å². The predicted molar refractivity (Wildman–Crippen MR) is 93.2 cm³/mol. The quantitative estimate of drug-likeness (QED) is 0.710. The number of rotatable bonds is 6. The molecule has 3 rings (SSSR count). The number of primary amides is 1. The third kappa shape index (κ3) is 3.51. The fourth-order valence-corrected chi connectivity index (χ4v) is 2.45. The first-order valence-electron chi connectivity index (χ1n) is 7.86. The van der Waals surface area contributed by atoms with Crippen molar-refractivity contribution in [2.75, 3.05) is 6.61 Å². The summed E-state index contributed by atoms with van der Waals surface area (Å²) in [7, 11) is 0. The SMILES string of the molecule is CC(COc1ccccc1)(NC(=O)c1cc(F)cc2ccoc12)C(N)=O. The summed E-state index contributed by atoms with van der Waals surface area (Å²) in [4.78, 5) is 24.6. The Morgan fingerprint density at radius 1 is 1.23 bits per heavy atom. The Morgan fingerprint density at radius 2 is 1.96 bits per heavy atom. The Kier molecular flexibility index (Phi) is 4.62. The van der Waals surface area contributed by atoms with E-state index in [0.717, 1.165) is 6.07 Å². The fraction of sp³-hybridized carbons (Fsp3) is 0.158. The normalized spacial score (nSPS) is 13.2. The second kappa shape index (κ2) is 6.87. The van der Waals surface area contributed by atoms with E-state index in [1.807, 2.05) is 6.07 Å². The number of nitrogens with one attached hydrogen (secondary N) is 1. The van der Waals surface area contributed by atoms with Crippen LogP contribution in [-0.4, -0.2) is 24.0 Å². The number of para-hydroxylation sites is 1. The number of halogens is 1. The maximum atomic E-state index is 13.8. The van der Waals surface area contributed by atoms with Gasteiger partial charge in [0.15, 0.2) is 5.54 Å². The van der Waals surface area contributed by atoms with Crippen LogP contribution in [0, 0.1) is 5.82 Å². The third-order valence-corrected chi connectivity index (χ3v) is 3.96. The molecule has 3 aromatic rings. The standard InChI is InChI=1S/C19H17FN2O4/c1-19(18(21)24,11-26-14-5-3-2-4-6-14)22-17(23)15-10-13(20)9-12-7-8-25-16(12)15/h2-10H,11H2,1H3,(H2,21,24)(H,22,23). The van der Waals surface area contributed by atoms with Gasteiger partial charge in [0.2, 0.25) is 5.91 Å². The largest absolute Gasteiger partial charge is 0.491 e. The van der Waals surface area contributed by atoms with Gasteiger partial charge in [-0.2, -0.15) is 0 Å². The van der Waals surface area contributed by atoms with Gasteiger partial charge in [-0.3, -0.25) is 9.59 Å². The summed E-state index contributed by atoms with van der Waals surface area (Å²) in [5.74, 6) is -1.55. The van der Waals surface area contributed by atoms with Crippen molar-refractivity contribution in [3.8, 4) is 5.75 Å². The number of carbonyl (C=O) groups excluding carboxylic acids is 2. The molecule has 0 saturated heterocycles. The van der Waals surface area contributed by atoms with Crippen LogP contribution in [0.1, 0.15) is 17.3 Å². The van der Waals surface area contributed by atoms with Crippen molar-refractivity contribution in [2.45, 2.75) is 12.5 Å². The van der Waals surface area contributed by atoms with Crippen LogP contribution >= 0.6 is 0 Å². The summed E-state index contributed by atoms with van der Waals surface area (Å²) in [6.45, 7) is 1.25. The van der Waals surface area contributed by atoms with Gasteiger partial charge in [-0.15, -0.1) is 0 Å². The highest BCUT2D eigenvalue weighted by Gasteiger charge is 2.35. The molecule has 0 aliphatic carbocycles. The highest BCUT2D eigenvalue weighted by molar-refractivity contribution is 6.06. The molecule has 1 unspecified atom stereocenters. The van der Waals surface area contributed by atoms with Crippen molar-refractivity contribution in [3.05, 3.63) is 66.2 Å². The van der Waals surface area contributed by atoms with Crippen molar-refractivity contribution < 1.29 is 23.1 Å². The summed E-state index contributed by atoms with van der Waals surface area (Å²) in [5, 5.41) is 2.96. The number of hydrogen-bond acceptors (Lipinski definition) is 4. The van der Waals surface area contributed by atoms with Crippen LogP contribution in [0.4, 0.5) is 4.39 Å². The zero-order valence-electron chi connectivity index (χ0n) is 14.0. The minimum Gasteiger partial charge on any atom is -0.491 e. The average molecular weight is 356 g/mol. The molecule has 26 heavy (non-hydrogen) atoms. The zero-order chi connectivity index (χ0) is 18.7. The average Bonchev–Trinajstić information content (AvgIpc) is 3.08. The Morgan fingerprint density at radius 3 is 2.65 bits per heavy atom. The third-order valence-electron chi connectivity index (χ3n) is 3.96. The van der Waals surface area contributed by atoms with E-state index >= 15 is 0 Å². The monoisotopic (exact) mass is 356 g/mol. The fourth-order valence-electron chi connectivity index (χ4n) is 2.45. The van der Waals surface area contributed by atoms with Crippen LogP contribution in [0.5, 0.6) is 5.75 Å². The molecule has 0 bridgehead atoms.